The molecular formula is C15H11Cl2FN2. The summed E-state index contributed by atoms with van der Waals surface area (Å²) in [4.78, 5) is 4.47. The van der Waals surface area contributed by atoms with E-state index in [1.165, 1.54) is 12.1 Å². The lowest BCUT2D eigenvalue weighted by molar-refractivity contribution is 0.629. The summed E-state index contributed by atoms with van der Waals surface area (Å²) in [5.41, 5.74) is 2.17. The molecule has 1 heterocycles. The van der Waals surface area contributed by atoms with Crippen molar-refractivity contribution in [3.8, 4) is 5.69 Å². The molecule has 0 saturated heterocycles. The second-order valence-electron chi connectivity index (χ2n) is 4.51. The van der Waals surface area contributed by atoms with Crippen LogP contribution >= 0.6 is 23.2 Å². The number of alkyl halides is 1. The Hall–Kier alpha value is -1.58. The highest BCUT2D eigenvalue weighted by molar-refractivity contribution is 6.31. The molecule has 0 aliphatic carbocycles. The number of aromatic nitrogens is 2. The van der Waals surface area contributed by atoms with Crippen LogP contribution in [0.15, 0.2) is 42.5 Å². The van der Waals surface area contributed by atoms with Gasteiger partial charge in [0.15, 0.2) is 0 Å². The van der Waals surface area contributed by atoms with E-state index >= 15 is 0 Å². The predicted octanol–water partition coefficient (Wildman–Crippen LogP) is 5.12. The number of rotatable bonds is 2. The number of halogens is 3. The summed E-state index contributed by atoms with van der Waals surface area (Å²) in [6.07, 6.45) is 0. The van der Waals surface area contributed by atoms with Crippen LogP contribution in [0.3, 0.4) is 0 Å². The van der Waals surface area contributed by atoms with E-state index in [0.29, 0.717) is 16.9 Å². The first-order chi connectivity index (χ1) is 9.58. The Balaban J connectivity index is 2.38. The lowest BCUT2D eigenvalue weighted by atomic mass is 10.2. The Labute approximate surface area is 125 Å². The van der Waals surface area contributed by atoms with Crippen LogP contribution in [0.5, 0.6) is 0 Å². The van der Waals surface area contributed by atoms with E-state index < -0.39 is 5.82 Å². The van der Waals surface area contributed by atoms with Crippen molar-refractivity contribution in [2.45, 2.75) is 12.3 Å². The third kappa shape index (κ3) is 2.17. The van der Waals surface area contributed by atoms with Crippen LogP contribution in [0.2, 0.25) is 5.02 Å². The van der Waals surface area contributed by atoms with Crippen LogP contribution < -0.4 is 0 Å². The van der Waals surface area contributed by atoms with E-state index in [9.17, 15) is 4.39 Å². The molecule has 0 fully saturated rings. The fourth-order valence-corrected chi connectivity index (χ4v) is 2.51. The molecular weight excluding hydrogens is 298 g/mol. The second kappa shape index (κ2) is 5.08. The summed E-state index contributed by atoms with van der Waals surface area (Å²) in [7, 11) is 0. The largest absolute Gasteiger partial charge is 0.295 e. The van der Waals surface area contributed by atoms with E-state index in [0.717, 1.165) is 5.69 Å². The van der Waals surface area contributed by atoms with Gasteiger partial charge in [0, 0.05) is 11.8 Å². The Morgan fingerprint density at radius 1 is 1.20 bits per heavy atom. The molecule has 0 saturated carbocycles. The van der Waals surface area contributed by atoms with Crippen LogP contribution in [0.25, 0.3) is 16.7 Å². The highest BCUT2D eigenvalue weighted by Crippen LogP contribution is 2.30. The van der Waals surface area contributed by atoms with Crippen molar-refractivity contribution in [1.29, 1.82) is 0 Å². The van der Waals surface area contributed by atoms with Gasteiger partial charge in [0.05, 0.1) is 21.4 Å². The quantitative estimate of drug-likeness (QED) is 0.601. The topological polar surface area (TPSA) is 17.8 Å². The van der Waals surface area contributed by atoms with Gasteiger partial charge in [-0.1, -0.05) is 29.8 Å². The summed E-state index contributed by atoms with van der Waals surface area (Å²) in [5, 5.41) is -0.242. The zero-order valence-corrected chi connectivity index (χ0v) is 12.2. The molecule has 102 valence electrons. The predicted molar refractivity (Wildman–Crippen MR) is 80.3 cm³/mol. The first-order valence-electron chi connectivity index (χ1n) is 6.15. The van der Waals surface area contributed by atoms with E-state index in [2.05, 4.69) is 4.98 Å². The third-order valence-electron chi connectivity index (χ3n) is 3.09. The highest BCUT2D eigenvalue weighted by Gasteiger charge is 2.17. The summed E-state index contributed by atoms with van der Waals surface area (Å²) < 4.78 is 15.6. The van der Waals surface area contributed by atoms with Crippen molar-refractivity contribution in [3.63, 3.8) is 0 Å². The fraction of sp³-hybridized carbons (Fsp3) is 0.133. The minimum atomic E-state index is -0.468. The Morgan fingerprint density at radius 2 is 1.90 bits per heavy atom. The minimum Gasteiger partial charge on any atom is -0.295 e. The van der Waals surface area contributed by atoms with Crippen LogP contribution in [0, 0.1) is 5.82 Å². The van der Waals surface area contributed by atoms with Crippen LogP contribution in [0.1, 0.15) is 18.1 Å². The summed E-state index contributed by atoms with van der Waals surface area (Å²) in [6, 6.07) is 12.5. The van der Waals surface area contributed by atoms with Crippen molar-refractivity contribution < 1.29 is 4.39 Å². The molecule has 1 aromatic heterocycles. The molecule has 1 atom stereocenters. The first kappa shape index (κ1) is 13.4. The van der Waals surface area contributed by atoms with Crippen molar-refractivity contribution >= 4 is 34.2 Å². The Kier molecular flexibility index (Phi) is 3.40. The average molecular weight is 309 g/mol. The molecule has 3 aromatic rings. The van der Waals surface area contributed by atoms with Crippen molar-refractivity contribution in [2.24, 2.45) is 0 Å². The van der Waals surface area contributed by atoms with E-state index in [-0.39, 0.29) is 10.4 Å². The van der Waals surface area contributed by atoms with Gasteiger partial charge in [0.2, 0.25) is 0 Å². The number of hydrogen-bond donors (Lipinski definition) is 0. The van der Waals surface area contributed by atoms with Gasteiger partial charge in [-0.2, -0.15) is 0 Å². The Bertz CT molecular complexity index is 766. The molecule has 2 aromatic carbocycles. The average Bonchev–Trinajstić information content (AvgIpc) is 2.79. The van der Waals surface area contributed by atoms with Gasteiger partial charge in [0.1, 0.15) is 11.6 Å². The molecule has 0 amide bonds. The normalized spacial score (nSPS) is 12.8. The molecule has 1 unspecified atom stereocenters. The fourth-order valence-electron chi connectivity index (χ4n) is 2.21. The smallest absolute Gasteiger partial charge is 0.144 e. The maximum atomic E-state index is 13.7. The molecule has 0 radical (unpaired) electrons. The Morgan fingerprint density at radius 3 is 2.55 bits per heavy atom. The zero-order chi connectivity index (χ0) is 14.3. The molecule has 3 rings (SSSR count). The summed E-state index contributed by atoms with van der Waals surface area (Å²) >= 11 is 12.0. The summed E-state index contributed by atoms with van der Waals surface area (Å²) in [5.74, 6) is 0.194. The molecule has 2 nitrogen and oxygen atoms in total. The number of imidazole rings is 1. The zero-order valence-electron chi connectivity index (χ0n) is 10.6. The molecule has 0 bridgehead atoms. The number of para-hydroxylation sites is 1. The number of benzene rings is 2. The number of nitrogens with zero attached hydrogens (tertiary/aromatic N) is 2. The van der Waals surface area contributed by atoms with Crippen LogP contribution in [0.4, 0.5) is 4.39 Å². The van der Waals surface area contributed by atoms with Crippen molar-refractivity contribution in [2.75, 3.05) is 0 Å². The van der Waals surface area contributed by atoms with Gasteiger partial charge in [-0.3, -0.25) is 4.57 Å². The molecule has 0 spiro atoms. The summed E-state index contributed by atoms with van der Waals surface area (Å²) in [6.45, 7) is 1.83. The van der Waals surface area contributed by atoms with E-state index in [1.807, 2.05) is 41.8 Å². The lowest BCUT2D eigenvalue weighted by Crippen LogP contribution is -2.01. The van der Waals surface area contributed by atoms with Gasteiger partial charge >= 0.3 is 0 Å². The third-order valence-corrected chi connectivity index (χ3v) is 3.58. The second-order valence-corrected chi connectivity index (χ2v) is 5.57. The highest BCUT2D eigenvalue weighted by atomic mass is 35.5. The monoisotopic (exact) mass is 308 g/mol. The van der Waals surface area contributed by atoms with Gasteiger partial charge in [-0.05, 0) is 25.1 Å². The van der Waals surface area contributed by atoms with Gasteiger partial charge < -0.3 is 0 Å². The maximum absolute atomic E-state index is 13.7. The van der Waals surface area contributed by atoms with E-state index in [4.69, 9.17) is 23.2 Å². The van der Waals surface area contributed by atoms with Crippen LogP contribution in [-0.2, 0) is 0 Å². The van der Waals surface area contributed by atoms with Gasteiger partial charge in [-0.15, -0.1) is 11.6 Å². The van der Waals surface area contributed by atoms with Crippen molar-refractivity contribution in [3.05, 3.63) is 59.1 Å². The lowest BCUT2D eigenvalue weighted by Gasteiger charge is -2.10. The number of fused-ring (bicyclic) bond motifs is 1. The van der Waals surface area contributed by atoms with E-state index in [1.54, 1.807) is 0 Å². The number of hydrogen-bond acceptors (Lipinski definition) is 1. The SMILES string of the molecule is CC(Cl)c1nc2cc(Cl)c(F)cc2n1-c1ccccc1. The van der Waals surface area contributed by atoms with Crippen LogP contribution in [-0.4, -0.2) is 9.55 Å². The maximum Gasteiger partial charge on any atom is 0.144 e. The molecule has 0 N–H and O–H groups in total. The van der Waals surface area contributed by atoms with Gasteiger partial charge in [-0.25, -0.2) is 9.37 Å². The molecule has 20 heavy (non-hydrogen) atoms. The minimum absolute atomic E-state index is 0.0592. The standard InChI is InChI=1S/C15H11Cl2FN2/c1-9(16)15-19-13-7-11(17)12(18)8-14(13)20(15)10-5-3-2-4-6-10/h2-9H,1H3. The molecule has 0 aliphatic rings. The molecule has 0 aliphatic heterocycles. The van der Waals surface area contributed by atoms with Crippen molar-refractivity contribution in [1.82, 2.24) is 9.55 Å². The van der Waals surface area contributed by atoms with Gasteiger partial charge in [0.25, 0.3) is 0 Å². The molecule has 5 heteroatoms. The first-order valence-corrected chi connectivity index (χ1v) is 6.96.